The fourth-order valence-electron chi connectivity index (χ4n) is 2.76. The van der Waals surface area contributed by atoms with Crippen molar-refractivity contribution in [3.05, 3.63) is 35.4 Å². The van der Waals surface area contributed by atoms with Gasteiger partial charge in [0.2, 0.25) is 0 Å². The molecule has 100 valence electrons. The molecule has 1 aromatic rings. The second-order valence-electron chi connectivity index (χ2n) is 5.19. The highest BCUT2D eigenvalue weighted by atomic mass is 19.3. The van der Waals surface area contributed by atoms with Crippen molar-refractivity contribution in [2.24, 2.45) is 0 Å². The van der Waals surface area contributed by atoms with Gasteiger partial charge in [-0.15, -0.1) is 0 Å². The van der Waals surface area contributed by atoms with Crippen LogP contribution in [0, 0.1) is 0 Å². The van der Waals surface area contributed by atoms with Crippen molar-refractivity contribution in [3.63, 3.8) is 0 Å². The van der Waals surface area contributed by atoms with Gasteiger partial charge in [0.15, 0.2) is 0 Å². The summed E-state index contributed by atoms with van der Waals surface area (Å²) in [7, 11) is 1.55. The van der Waals surface area contributed by atoms with Crippen LogP contribution in [0.1, 0.15) is 49.1 Å². The molecular formula is C15H21F2N. The normalized spacial score (nSPS) is 17.9. The summed E-state index contributed by atoms with van der Waals surface area (Å²) in [4.78, 5) is 0. The number of rotatable bonds is 4. The third-order valence-corrected chi connectivity index (χ3v) is 3.81. The Hall–Kier alpha value is -0.960. The van der Waals surface area contributed by atoms with Crippen LogP contribution in [-0.4, -0.2) is 13.6 Å². The summed E-state index contributed by atoms with van der Waals surface area (Å²) in [5, 5.41) is 2.53. The molecule has 1 aromatic carbocycles. The molecule has 0 aromatic heterocycles. The zero-order chi connectivity index (χ0) is 13.0. The van der Waals surface area contributed by atoms with E-state index in [1.807, 2.05) is 12.1 Å². The lowest BCUT2D eigenvalue weighted by molar-refractivity contribution is -0.00127. The SMILES string of the molecule is CNCC(F)(F)c1ccc(C2CCCCC2)cc1. The van der Waals surface area contributed by atoms with Crippen LogP contribution < -0.4 is 5.32 Å². The highest BCUT2D eigenvalue weighted by molar-refractivity contribution is 5.28. The summed E-state index contributed by atoms with van der Waals surface area (Å²) in [5.41, 5.74) is 1.33. The van der Waals surface area contributed by atoms with Crippen molar-refractivity contribution >= 4 is 0 Å². The fraction of sp³-hybridized carbons (Fsp3) is 0.600. The number of hydrogen-bond acceptors (Lipinski definition) is 1. The average molecular weight is 253 g/mol. The predicted octanol–water partition coefficient (Wildman–Crippen LogP) is 4.05. The smallest absolute Gasteiger partial charge is 0.285 e. The topological polar surface area (TPSA) is 12.0 Å². The number of likely N-dealkylation sites (N-methyl/N-ethyl adjacent to an activating group) is 1. The van der Waals surface area contributed by atoms with Gasteiger partial charge in [0, 0.05) is 5.56 Å². The lowest BCUT2D eigenvalue weighted by Crippen LogP contribution is -2.28. The van der Waals surface area contributed by atoms with Crippen LogP contribution in [0.3, 0.4) is 0 Å². The van der Waals surface area contributed by atoms with E-state index in [4.69, 9.17) is 0 Å². The molecule has 0 atom stereocenters. The summed E-state index contributed by atoms with van der Waals surface area (Å²) in [6.07, 6.45) is 6.25. The number of nitrogens with one attached hydrogen (secondary N) is 1. The van der Waals surface area contributed by atoms with E-state index in [0.717, 1.165) is 0 Å². The molecule has 1 aliphatic carbocycles. The highest BCUT2D eigenvalue weighted by Crippen LogP contribution is 2.34. The van der Waals surface area contributed by atoms with Gasteiger partial charge in [0.05, 0.1) is 6.54 Å². The number of halogens is 2. The van der Waals surface area contributed by atoms with E-state index in [9.17, 15) is 8.78 Å². The number of alkyl halides is 2. The molecule has 3 heteroatoms. The summed E-state index contributed by atoms with van der Waals surface area (Å²) in [6, 6.07) is 6.94. The Morgan fingerprint density at radius 1 is 1.11 bits per heavy atom. The molecule has 1 N–H and O–H groups in total. The third kappa shape index (κ3) is 3.08. The van der Waals surface area contributed by atoms with E-state index in [0.29, 0.717) is 5.92 Å². The van der Waals surface area contributed by atoms with E-state index < -0.39 is 5.92 Å². The zero-order valence-corrected chi connectivity index (χ0v) is 10.9. The Morgan fingerprint density at radius 2 is 1.72 bits per heavy atom. The quantitative estimate of drug-likeness (QED) is 0.853. The molecule has 0 heterocycles. The third-order valence-electron chi connectivity index (χ3n) is 3.81. The van der Waals surface area contributed by atoms with Crippen molar-refractivity contribution in [2.45, 2.75) is 43.9 Å². The van der Waals surface area contributed by atoms with Gasteiger partial charge in [0.1, 0.15) is 0 Å². The molecule has 0 bridgehead atoms. The first-order valence-electron chi connectivity index (χ1n) is 6.76. The van der Waals surface area contributed by atoms with E-state index in [-0.39, 0.29) is 12.1 Å². The van der Waals surface area contributed by atoms with Crippen LogP contribution in [0.2, 0.25) is 0 Å². The first-order valence-corrected chi connectivity index (χ1v) is 6.76. The largest absolute Gasteiger partial charge is 0.314 e. The minimum atomic E-state index is -2.78. The molecule has 18 heavy (non-hydrogen) atoms. The van der Waals surface area contributed by atoms with Gasteiger partial charge < -0.3 is 5.32 Å². The van der Waals surface area contributed by atoms with Crippen LogP contribution in [0.5, 0.6) is 0 Å². The zero-order valence-electron chi connectivity index (χ0n) is 10.9. The van der Waals surface area contributed by atoms with E-state index in [2.05, 4.69) is 5.32 Å². The fourth-order valence-corrected chi connectivity index (χ4v) is 2.76. The molecule has 0 aliphatic heterocycles. The Balaban J connectivity index is 2.09. The Bertz CT molecular complexity index is 367. The predicted molar refractivity (Wildman–Crippen MR) is 70.1 cm³/mol. The monoisotopic (exact) mass is 253 g/mol. The van der Waals surface area contributed by atoms with Crippen molar-refractivity contribution in [1.82, 2.24) is 5.32 Å². The lowest BCUT2D eigenvalue weighted by atomic mass is 9.84. The maximum Gasteiger partial charge on any atom is 0.285 e. The van der Waals surface area contributed by atoms with Crippen LogP contribution >= 0.6 is 0 Å². The summed E-state index contributed by atoms with van der Waals surface area (Å²) < 4.78 is 27.3. The van der Waals surface area contributed by atoms with E-state index >= 15 is 0 Å². The van der Waals surface area contributed by atoms with Crippen molar-refractivity contribution in [2.75, 3.05) is 13.6 Å². The van der Waals surface area contributed by atoms with Crippen molar-refractivity contribution in [3.8, 4) is 0 Å². The maximum absolute atomic E-state index is 13.7. The van der Waals surface area contributed by atoms with Gasteiger partial charge in [-0.1, -0.05) is 43.5 Å². The molecule has 2 rings (SSSR count). The maximum atomic E-state index is 13.7. The minimum Gasteiger partial charge on any atom is -0.314 e. The Morgan fingerprint density at radius 3 is 2.28 bits per heavy atom. The molecule has 0 amide bonds. The van der Waals surface area contributed by atoms with Crippen LogP contribution in [0.15, 0.2) is 24.3 Å². The molecule has 0 radical (unpaired) electrons. The minimum absolute atomic E-state index is 0.108. The summed E-state index contributed by atoms with van der Waals surface area (Å²) in [6.45, 7) is -0.310. The van der Waals surface area contributed by atoms with E-state index in [1.54, 1.807) is 19.2 Å². The second-order valence-corrected chi connectivity index (χ2v) is 5.19. The lowest BCUT2D eigenvalue weighted by Gasteiger charge is -2.23. The van der Waals surface area contributed by atoms with Crippen LogP contribution in [0.4, 0.5) is 8.78 Å². The van der Waals surface area contributed by atoms with Crippen LogP contribution in [0.25, 0.3) is 0 Å². The van der Waals surface area contributed by atoms with Gasteiger partial charge in [-0.25, -0.2) is 0 Å². The standard InChI is InChI=1S/C15H21F2N/c1-18-11-15(16,17)14-9-7-13(8-10-14)12-5-3-2-4-6-12/h7-10,12,18H,2-6,11H2,1H3. The Kier molecular flexibility index (Phi) is 4.33. The van der Waals surface area contributed by atoms with Gasteiger partial charge in [-0.05, 0) is 31.4 Å². The van der Waals surface area contributed by atoms with Crippen molar-refractivity contribution < 1.29 is 8.78 Å². The summed E-state index contributed by atoms with van der Waals surface area (Å²) >= 11 is 0. The molecule has 1 saturated carbocycles. The van der Waals surface area contributed by atoms with Gasteiger partial charge in [-0.2, -0.15) is 8.78 Å². The average Bonchev–Trinajstić information content (AvgIpc) is 2.40. The van der Waals surface area contributed by atoms with E-state index in [1.165, 1.54) is 37.7 Å². The van der Waals surface area contributed by atoms with Crippen molar-refractivity contribution in [1.29, 1.82) is 0 Å². The summed E-state index contributed by atoms with van der Waals surface area (Å²) in [5.74, 6) is -2.20. The first kappa shape index (κ1) is 13.5. The molecule has 0 unspecified atom stereocenters. The number of hydrogen-bond donors (Lipinski definition) is 1. The Labute approximate surface area is 108 Å². The van der Waals surface area contributed by atoms with Gasteiger partial charge >= 0.3 is 0 Å². The van der Waals surface area contributed by atoms with Gasteiger partial charge in [0.25, 0.3) is 5.92 Å². The van der Waals surface area contributed by atoms with Crippen LogP contribution in [-0.2, 0) is 5.92 Å². The highest BCUT2D eigenvalue weighted by Gasteiger charge is 2.30. The first-order chi connectivity index (χ1) is 8.63. The number of benzene rings is 1. The molecular weight excluding hydrogens is 232 g/mol. The second kappa shape index (κ2) is 5.79. The molecule has 1 aliphatic rings. The molecule has 0 saturated heterocycles. The van der Waals surface area contributed by atoms with Gasteiger partial charge in [-0.3, -0.25) is 0 Å². The molecule has 1 nitrogen and oxygen atoms in total. The molecule has 1 fully saturated rings. The molecule has 0 spiro atoms.